The lowest BCUT2D eigenvalue weighted by atomic mass is 9.81. The monoisotopic (exact) mass is 262 g/mol. The topological polar surface area (TPSA) is 55.8 Å². The van der Waals surface area contributed by atoms with Crippen molar-refractivity contribution in [2.75, 3.05) is 0 Å². The average molecular weight is 262 g/mol. The van der Waals surface area contributed by atoms with Gasteiger partial charge in [-0.1, -0.05) is 30.3 Å². The first kappa shape index (κ1) is 12.6. The molecule has 3 atom stereocenters. The standard InChI is InChI=1S/C15H18O4/c1-14-7-8-15(19-14,13(16)17)9-12(14)18-10-11-5-3-2-4-6-11/h2-6,12H,7-10H2,1H3,(H,16,17)/t12-,14+,15-/m0/s1. The van der Waals surface area contributed by atoms with Crippen LogP contribution in [0.1, 0.15) is 31.7 Å². The Bertz CT molecular complexity index is 486. The molecule has 1 aromatic rings. The lowest BCUT2D eigenvalue weighted by Crippen LogP contribution is -2.39. The smallest absolute Gasteiger partial charge is 0.336 e. The van der Waals surface area contributed by atoms with E-state index in [2.05, 4.69) is 0 Å². The van der Waals surface area contributed by atoms with Crippen molar-refractivity contribution in [3.05, 3.63) is 35.9 Å². The molecule has 1 N–H and O–H groups in total. The second-order valence-electron chi connectivity index (χ2n) is 5.70. The van der Waals surface area contributed by atoms with Crippen molar-refractivity contribution >= 4 is 5.97 Å². The number of carboxylic acids is 1. The van der Waals surface area contributed by atoms with Crippen molar-refractivity contribution in [2.45, 2.75) is 50.1 Å². The number of ether oxygens (including phenoxy) is 2. The summed E-state index contributed by atoms with van der Waals surface area (Å²) in [6.07, 6.45) is 1.65. The Hall–Kier alpha value is -1.39. The first-order valence-corrected chi connectivity index (χ1v) is 6.63. The van der Waals surface area contributed by atoms with Gasteiger partial charge in [-0.2, -0.15) is 0 Å². The van der Waals surface area contributed by atoms with Gasteiger partial charge in [0.25, 0.3) is 0 Å². The van der Waals surface area contributed by atoms with Crippen molar-refractivity contribution in [3.8, 4) is 0 Å². The van der Waals surface area contributed by atoms with E-state index in [-0.39, 0.29) is 6.10 Å². The molecule has 3 rings (SSSR count). The Kier molecular flexibility index (Phi) is 2.87. The van der Waals surface area contributed by atoms with Gasteiger partial charge in [0.15, 0.2) is 5.60 Å². The van der Waals surface area contributed by atoms with E-state index in [1.165, 1.54) is 0 Å². The lowest BCUT2D eigenvalue weighted by molar-refractivity contribution is -0.162. The Morgan fingerprint density at radius 3 is 2.79 bits per heavy atom. The SMILES string of the molecule is C[C@@]12CC[C@@](C(=O)O)(C[C@@H]1OCc1ccccc1)O2. The van der Waals surface area contributed by atoms with Crippen molar-refractivity contribution in [2.24, 2.45) is 0 Å². The maximum Gasteiger partial charge on any atom is 0.336 e. The van der Waals surface area contributed by atoms with Gasteiger partial charge in [-0.3, -0.25) is 0 Å². The van der Waals surface area contributed by atoms with Gasteiger partial charge in [-0.15, -0.1) is 0 Å². The van der Waals surface area contributed by atoms with E-state index in [1.807, 2.05) is 37.3 Å². The van der Waals surface area contributed by atoms with Gasteiger partial charge < -0.3 is 14.6 Å². The van der Waals surface area contributed by atoms with Crippen LogP contribution < -0.4 is 0 Å². The fourth-order valence-corrected chi connectivity index (χ4v) is 3.13. The third-order valence-corrected chi connectivity index (χ3v) is 4.33. The molecule has 0 unspecified atom stereocenters. The first-order chi connectivity index (χ1) is 9.04. The number of rotatable bonds is 4. The number of hydrogen-bond donors (Lipinski definition) is 1. The van der Waals surface area contributed by atoms with Crippen LogP contribution in [0.15, 0.2) is 30.3 Å². The molecular formula is C15H18O4. The summed E-state index contributed by atoms with van der Waals surface area (Å²) < 4.78 is 11.7. The molecule has 2 fully saturated rings. The van der Waals surface area contributed by atoms with Crippen LogP contribution in [0.4, 0.5) is 0 Å². The summed E-state index contributed by atoms with van der Waals surface area (Å²) in [5, 5.41) is 9.33. The molecule has 102 valence electrons. The normalized spacial score (nSPS) is 36.6. The zero-order valence-corrected chi connectivity index (χ0v) is 11.0. The Morgan fingerprint density at radius 2 is 2.16 bits per heavy atom. The minimum absolute atomic E-state index is 0.141. The molecule has 19 heavy (non-hydrogen) atoms. The van der Waals surface area contributed by atoms with Gasteiger partial charge in [0.05, 0.1) is 18.3 Å². The molecule has 4 nitrogen and oxygen atoms in total. The molecule has 0 saturated carbocycles. The summed E-state index contributed by atoms with van der Waals surface area (Å²) in [7, 11) is 0. The quantitative estimate of drug-likeness (QED) is 0.905. The van der Waals surface area contributed by atoms with Crippen LogP contribution in [0, 0.1) is 0 Å². The van der Waals surface area contributed by atoms with Crippen molar-refractivity contribution in [1.82, 2.24) is 0 Å². The molecule has 0 aliphatic carbocycles. The van der Waals surface area contributed by atoms with Crippen LogP contribution >= 0.6 is 0 Å². The summed E-state index contributed by atoms with van der Waals surface area (Å²) in [6.45, 7) is 2.46. The Labute approximate surface area is 112 Å². The molecule has 0 radical (unpaired) electrons. The average Bonchev–Trinajstić information content (AvgIpc) is 2.90. The summed E-state index contributed by atoms with van der Waals surface area (Å²) in [4.78, 5) is 11.4. The van der Waals surface area contributed by atoms with E-state index >= 15 is 0 Å². The summed E-state index contributed by atoms with van der Waals surface area (Å²) >= 11 is 0. The molecule has 0 spiro atoms. The first-order valence-electron chi connectivity index (χ1n) is 6.63. The largest absolute Gasteiger partial charge is 0.479 e. The van der Waals surface area contributed by atoms with E-state index in [4.69, 9.17) is 9.47 Å². The Morgan fingerprint density at radius 1 is 1.42 bits per heavy atom. The third kappa shape index (κ3) is 2.05. The van der Waals surface area contributed by atoms with E-state index in [1.54, 1.807) is 0 Å². The van der Waals surface area contributed by atoms with Gasteiger partial charge in [-0.05, 0) is 25.3 Å². The minimum atomic E-state index is -1.02. The molecule has 2 saturated heterocycles. The van der Waals surface area contributed by atoms with Crippen LogP contribution in [0.25, 0.3) is 0 Å². The molecule has 2 heterocycles. The zero-order chi connectivity index (χ0) is 13.5. The number of aliphatic carboxylic acids is 1. The maximum absolute atomic E-state index is 11.4. The molecule has 2 bridgehead atoms. The number of carbonyl (C=O) groups is 1. The fraction of sp³-hybridized carbons (Fsp3) is 0.533. The highest BCUT2D eigenvalue weighted by Gasteiger charge is 2.63. The number of fused-ring (bicyclic) bond motifs is 2. The number of carboxylic acid groups (broad SMARTS) is 1. The van der Waals surface area contributed by atoms with Crippen LogP contribution in [0.3, 0.4) is 0 Å². The minimum Gasteiger partial charge on any atom is -0.479 e. The van der Waals surface area contributed by atoms with E-state index in [0.717, 1.165) is 12.0 Å². The van der Waals surface area contributed by atoms with Crippen LogP contribution in [-0.4, -0.2) is 28.4 Å². The van der Waals surface area contributed by atoms with E-state index < -0.39 is 17.2 Å². The molecule has 0 aromatic heterocycles. The molecule has 4 heteroatoms. The third-order valence-electron chi connectivity index (χ3n) is 4.33. The summed E-state index contributed by atoms with van der Waals surface area (Å²) in [5.41, 5.74) is -0.373. The zero-order valence-electron chi connectivity index (χ0n) is 11.0. The maximum atomic E-state index is 11.4. The fourth-order valence-electron chi connectivity index (χ4n) is 3.13. The van der Waals surface area contributed by atoms with E-state index in [0.29, 0.717) is 19.4 Å². The predicted molar refractivity (Wildman–Crippen MR) is 68.7 cm³/mol. The van der Waals surface area contributed by atoms with Gasteiger partial charge in [-0.25, -0.2) is 4.79 Å². The molecular weight excluding hydrogens is 244 g/mol. The van der Waals surface area contributed by atoms with Gasteiger partial charge in [0, 0.05) is 6.42 Å². The van der Waals surface area contributed by atoms with Crippen LogP contribution in [0.5, 0.6) is 0 Å². The number of benzene rings is 1. The van der Waals surface area contributed by atoms with E-state index in [9.17, 15) is 9.90 Å². The molecule has 0 amide bonds. The highest BCUT2D eigenvalue weighted by atomic mass is 16.6. The molecule has 1 aromatic carbocycles. The highest BCUT2D eigenvalue weighted by molar-refractivity contribution is 5.78. The van der Waals surface area contributed by atoms with Crippen molar-refractivity contribution in [3.63, 3.8) is 0 Å². The van der Waals surface area contributed by atoms with Gasteiger partial charge >= 0.3 is 5.97 Å². The Balaban J connectivity index is 1.69. The highest BCUT2D eigenvalue weighted by Crippen LogP contribution is 2.52. The lowest BCUT2D eigenvalue weighted by Gasteiger charge is -2.28. The summed E-state index contributed by atoms with van der Waals surface area (Å²) in [5.74, 6) is -0.859. The predicted octanol–water partition coefficient (Wildman–Crippen LogP) is 2.37. The van der Waals surface area contributed by atoms with Crippen LogP contribution in [-0.2, 0) is 20.9 Å². The molecule has 2 aliphatic heterocycles. The second-order valence-corrected chi connectivity index (χ2v) is 5.70. The van der Waals surface area contributed by atoms with Crippen LogP contribution in [0.2, 0.25) is 0 Å². The number of hydrogen-bond acceptors (Lipinski definition) is 3. The molecule has 2 aliphatic rings. The van der Waals surface area contributed by atoms with Crippen molar-refractivity contribution < 1.29 is 19.4 Å². The van der Waals surface area contributed by atoms with Gasteiger partial charge in [0.2, 0.25) is 0 Å². The second kappa shape index (κ2) is 4.32. The van der Waals surface area contributed by atoms with Gasteiger partial charge in [0.1, 0.15) is 0 Å². The van der Waals surface area contributed by atoms with Crippen molar-refractivity contribution in [1.29, 1.82) is 0 Å². The summed E-state index contributed by atoms with van der Waals surface area (Å²) in [6, 6.07) is 9.91.